The van der Waals surface area contributed by atoms with Crippen LogP contribution in [-0.4, -0.2) is 45.6 Å². The predicted molar refractivity (Wildman–Crippen MR) is 103 cm³/mol. The van der Waals surface area contributed by atoms with Gasteiger partial charge in [0.25, 0.3) is 11.8 Å². The maximum atomic E-state index is 13.8. The molecule has 162 valence electrons. The van der Waals surface area contributed by atoms with Crippen molar-refractivity contribution in [3.63, 3.8) is 0 Å². The number of alkyl halides is 1. The Kier molecular flexibility index (Phi) is 5.30. The van der Waals surface area contributed by atoms with E-state index < -0.39 is 58.9 Å². The van der Waals surface area contributed by atoms with Crippen molar-refractivity contribution >= 4 is 11.8 Å². The standard InChI is InChI=1S/C21H18F3N3O4/c22-7-13-2-1-3-14-9-27(13)21(31)17-19(29)18(28)15(10-26(14)17)20(30)25-8-11-4-5-12(23)6-16(11)24/h1-2,4-6,10,13-14,29H,3,7-9H2,(H,25,30)/t13-,14+/m1/s1. The average molecular weight is 433 g/mol. The van der Waals surface area contributed by atoms with Gasteiger partial charge in [-0.25, -0.2) is 13.2 Å². The Morgan fingerprint density at radius 3 is 2.74 bits per heavy atom. The molecule has 0 saturated carbocycles. The van der Waals surface area contributed by atoms with Gasteiger partial charge in [-0.05, 0) is 12.5 Å². The van der Waals surface area contributed by atoms with Gasteiger partial charge in [-0.15, -0.1) is 0 Å². The third kappa shape index (κ3) is 3.58. The summed E-state index contributed by atoms with van der Waals surface area (Å²) in [4.78, 5) is 39.2. The van der Waals surface area contributed by atoms with Gasteiger partial charge in [0.05, 0.1) is 12.1 Å². The SMILES string of the molecule is O=C(NCc1ccc(F)cc1F)c1cn2c(c(O)c1=O)C(=O)N1C[C@@H]2CC=C[C@@H]1CF. The molecule has 2 bridgehead atoms. The van der Waals surface area contributed by atoms with Gasteiger partial charge >= 0.3 is 0 Å². The van der Waals surface area contributed by atoms with E-state index in [2.05, 4.69) is 5.32 Å². The van der Waals surface area contributed by atoms with E-state index in [4.69, 9.17) is 0 Å². The highest BCUT2D eigenvalue weighted by Crippen LogP contribution is 2.32. The highest BCUT2D eigenvalue weighted by atomic mass is 19.1. The van der Waals surface area contributed by atoms with Crippen LogP contribution in [0.25, 0.3) is 0 Å². The number of benzene rings is 1. The van der Waals surface area contributed by atoms with Crippen LogP contribution < -0.4 is 10.7 Å². The molecular weight excluding hydrogens is 415 g/mol. The molecule has 0 unspecified atom stereocenters. The quantitative estimate of drug-likeness (QED) is 0.723. The van der Waals surface area contributed by atoms with Gasteiger partial charge in [0.1, 0.15) is 23.9 Å². The van der Waals surface area contributed by atoms with Gasteiger partial charge in [0.2, 0.25) is 5.43 Å². The molecule has 10 heteroatoms. The number of fused-ring (bicyclic) bond motifs is 4. The molecule has 2 aromatic rings. The first-order valence-electron chi connectivity index (χ1n) is 9.55. The Labute approximate surface area is 174 Å². The Hall–Kier alpha value is -3.56. The molecule has 2 atom stereocenters. The number of amides is 2. The number of pyridine rings is 1. The molecule has 0 spiro atoms. The lowest BCUT2D eigenvalue weighted by Crippen LogP contribution is -2.49. The minimum Gasteiger partial charge on any atom is -0.503 e. The molecule has 0 radical (unpaired) electrons. The van der Waals surface area contributed by atoms with Crippen LogP contribution in [-0.2, 0) is 6.54 Å². The number of nitrogens with one attached hydrogen (secondary N) is 1. The summed E-state index contributed by atoms with van der Waals surface area (Å²) in [6, 6.07) is 1.66. The second-order valence-electron chi connectivity index (χ2n) is 7.39. The lowest BCUT2D eigenvalue weighted by Gasteiger charge is -2.37. The number of carbonyl (C=O) groups excluding carboxylic acids is 2. The van der Waals surface area contributed by atoms with E-state index in [9.17, 15) is 32.7 Å². The Morgan fingerprint density at radius 2 is 2.03 bits per heavy atom. The smallest absolute Gasteiger partial charge is 0.275 e. The number of rotatable bonds is 4. The fraction of sp³-hybridized carbons (Fsp3) is 0.286. The third-order valence-electron chi connectivity index (χ3n) is 5.50. The summed E-state index contributed by atoms with van der Waals surface area (Å²) in [6.45, 7) is -0.970. The zero-order valence-electron chi connectivity index (χ0n) is 16.1. The fourth-order valence-electron chi connectivity index (χ4n) is 3.86. The number of nitrogens with zero attached hydrogens (tertiary/aromatic N) is 2. The highest BCUT2D eigenvalue weighted by molar-refractivity contribution is 5.99. The van der Waals surface area contributed by atoms with Crippen molar-refractivity contribution in [3.8, 4) is 5.75 Å². The second kappa shape index (κ2) is 7.93. The Bertz CT molecular complexity index is 1160. The van der Waals surface area contributed by atoms with Gasteiger partial charge in [-0.3, -0.25) is 14.4 Å². The molecule has 3 heterocycles. The van der Waals surface area contributed by atoms with Crippen LogP contribution >= 0.6 is 0 Å². The molecule has 2 aliphatic rings. The van der Waals surface area contributed by atoms with Gasteiger partial charge in [-0.2, -0.15) is 0 Å². The summed E-state index contributed by atoms with van der Waals surface area (Å²) in [5.74, 6) is -4.12. The van der Waals surface area contributed by atoms with Crippen molar-refractivity contribution in [1.29, 1.82) is 0 Å². The van der Waals surface area contributed by atoms with Crippen molar-refractivity contribution in [3.05, 3.63) is 75.2 Å². The topological polar surface area (TPSA) is 91.6 Å². The summed E-state index contributed by atoms with van der Waals surface area (Å²) < 4.78 is 41.5. The number of halogens is 3. The molecule has 0 aliphatic carbocycles. The predicted octanol–water partition coefficient (Wildman–Crippen LogP) is 2.06. The van der Waals surface area contributed by atoms with E-state index in [1.165, 1.54) is 15.7 Å². The van der Waals surface area contributed by atoms with Crippen LogP contribution in [0.15, 0.2) is 41.3 Å². The van der Waals surface area contributed by atoms with Crippen molar-refractivity contribution < 1.29 is 27.9 Å². The van der Waals surface area contributed by atoms with Gasteiger partial charge < -0.3 is 19.9 Å². The minimum atomic E-state index is -1.07. The minimum absolute atomic E-state index is 0.00835. The summed E-state index contributed by atoms with van der Waals surface area (Å²) in [5, 5.41) is 12.8. The highest BCUT2D eigenvalue weighted by Gasteiger charge is 2.38. The largest absolute Gasteiger partial charge is 0.503 e. The van der Waals surface area contributed by atoms with Crippen LogP contribution in [0.4, 0.5) is 13.2 Å². The normalized spacial score (nSPS) is 19.7. The summed E-state index contributed by atoms with van der Waals surface area (Å²) in [7, 11) is 0. The Morgan fingerprint density at radius 1 is 1.26 bits per heavy atom. The second-order valence-corrected chi connectivity index (χ2v) is 7.39. The average Bonchev–Trinajstić information content (AvgIpc) is 2.93. The molecule has 7 nitrogen and oxygen atoms in total. The molecule has 1 aromatic heterocycles. The molecule has 1 aromatic carbocycles. The zero-order chi connectivity index (χ0) is 22.3. The molecule has 31 heavy (non-hydrogen) atoms. The molecule has 2 N–H and O–H groups in total. The monoisotopic (exact) mass is 433 g/mol. The number of hydrogen-bond donors (Lipinski definition) is 2. The first-order valence-corrected chi connectivity index (χ1v) is 9.55. The summed E-state index contributed by atoms with van der Waals surface area (Å²) in [5.41, 5.74) is -1.79. The van der Waals surface area contributed by atoms with Crippen LogP contribution in [0.3, 0.4) is 0 Å². The number of aromatic nitrogens is 1. The van der Waals surface area contributed by atoms with Crippen LogP contribution in [0.5, 0.6) is 5.75 Å². The first-order chi connectivity index (χ1) is 14.8. The summed E-state index contributed by atoms with van der Waals surface area (Å²) >= 11 is 0. The number of aromatic hydroxyl groups is 1. The molecule has 2 aliphatic heterocycles. The van der Waals surface area contributed by atoms with E-state index in [1.807, 2.05) is 0 Å². The van der Waals surface area contributed by atoms with Crippen LogP contribution in [0.1, 0.15) is 38.9 Å². The molecule has 4 rings (SSSR count). The Balaban J connectivity index is 1.67. The molecule has 0 saturated heterocycles. The number of hydrogen-bond acceptors (Lipinski definition) is 4. The lowest BCUT2D eigenvalue weighted by atomic mass is 10.1. The van der Waals surface area contributed by atoms with E-state index in [0.717, 1.165) is 12.1 Å². The zero-order valence-corrected chi connectivity index (χ0v) is 16.1. The lowest BCUT2D eigenvalue weighted by molar-refractivity contribution is 0.0593. The fourth-order valence-corrected chi connectivity index (χ4v) is 3.86. The molecule has 0 fully saturated rings. The van der Waals surface area contributed by atoms with Crippen molar-refractivity contribution in [2.24, 2.45) is 0 Å². The molecule has 2 amide bonds. The maximum absolute atomic E-state index is 13.8. The third-order valence-corrected chi connectivity index (χ3v) is 5.50. The van der Waals surface area contributed by atoms with Gasteiger partial charge in [0.15, 0.2) is 11.4 Å². The van der Waals surface area contributed by atoms with Crippen LogP contribution in [0.2, 0.25) is 0 Å². The number of allylic oxidation sites excluding steroid dienone is 1. The maximum Gasteiger partial charge on any atom is 0.275 e. The van der Waals surface area contributed by atoms with Crippen molar-refractivity contribution in [2.75, 3.05) is 13.2 Å². The summed E-state index contributed by atoms with van der Waals surface area (Å²) in [6.07, 6.45) is 4.85. The van der Waals surface area contributed by atoms with E-state index in [-0.39, 0.29) is 24.3 Å². The number of carbonyl (C=O) groups is 2. The van der Waals surface area contributed by atoms with Gasteiger partial charge in [0, 0.05) is 30.9 Å². The molecular formula is C21H18F3N3O4. The van der Waals surface area contributed by atoms with E-state index >= 15 is 0 Å². The van der Waals surface area contributed by atoms with Gasteiger partial charge in [-0.1, -0.05) is 18.2 Å². The van der Waals surface area contributed by atoms with Crippen molar-refractivity contribution in [1.82, 2.24) is 14.8 Å². The first kappa shape index (κ1) is 20.7. The van der Waals surface area contributed by atoms with E-state index in [0.29, 0.717) is 12.5 Å². The van der Waals surface area contributed by atoms with Crippen LogP contribution in [0, 0.1) is 11.6 Å². The van der Waals surface area contributed by atoms with E-state index in [1.54, 1.807) is 12.2 Å². The van der Waals surface area contributed by atoms with Crippen molar-refractivity contribution in [2.45, 2.75) is 25.0 Å².